The van der Waals surface area contributed by atoms with E-state index in [1.54, 1.807) is 45.0 Å². The van der Waals surface area contributed by atoms with Crippen LogP contribution in [-0.2, 0) is 57.1 Å². The molecule has 382 valence electrons. The van der Waals surface area contributed by atoms with E-state index in [0.29, 0.717) is 0 Å². The fourth-order valence-electron chi connectivity index (χ4n) is 10.2. The number of Topliss-reactive ketones (excluding diaryl/α,β-unsaturated/α-hetero) is 1. The van der Waals surface area contributed by atoms with Gasteiger partial charge in [0.25, 0.3) is 7.59 Å². The second-order valence-corrected chi connectivity index (χ2v) is 23.9. The fraction of sp³-hybridized carbons (Fsp3) is 0.553. The number of amides is 1. The number of aliphatic hydroxyl groups is 2. The fourth-order valence-corrected chi connectivity index (χ4v) is 10.4. The van der Waals surface area contributed by atoms with Crippen molar-refractivity contribution in [2.24, 2.45) is 16.7 Å². The molecule has 2 bridgehead atoms. The van der Waals surface area contributed by atoms with Crippen LogP contribution in [0.2, 0.25) is 0 Å². The average molecular weight is 1100 g/mol. The van der Waals surface area contributed by atoms with Gasteiger partial charge < -0.3 is 48.7 Å². The van der Waals surface area contributed by atoms with Crippen molar-refractivity contribution in [2.75, 3.05) is 6.61 Å². The highest BCUT2D eigenvalue weighted by atomic mass is 35.6. The lowest BCUT2D eigenvalue weighted by molar-refractivity contribution is -0.346. The molecule has 2 saturated carbocycles. The Labute approximate surface area is 432 Å². The highest BCUT2D eigenvalue weighted by Crippen LogP contribution is 2.65. The van der Waals surface area contributed by atoms with Gasteiger partial charge in [0, 0.05) is 25.2 Å². The van der Waals surface area contributed by atoms with Crippen molar-refractivity contribution in [1.82, 2.24) is 5.32 Å². The SMILES string of the molecule is CC(=O)O[C@@]12CO[C@@H]1C[C@H](OC(=O)C(Cl)(Cl)Cl)[C@@]1(C)C(=O)[C@H](OC(=O)C(Cl)(Cl)Cl)C3=C(C)[C@@H](OC(=O)[C@H](O)[C@@H](NC(=O)OC(C)(C)C)c4ccccc4)C[C@@](O)(C(OC(=O)c4ccccc4)C12)C3(C)C. The molecule has 3 fully saturated rings. The molecular formula is C47H51Cl6NO16. The summed E-state index contributed by atoms with van der Waals surface area (Å²) in [6, 6.07) is 13.9. The molecule has 70 heavy (non-hydrogen) atoms. The molecule has 2 unspecified atom stereocenters. The molecule has 1 aliphatic heterocycles. The first-order chi connectivity index (χ1) is 32.2. The van der Waals surface area contributed by atoms with Crippen LogP contribution in [0.15, 0.2) is 71.8 Å². The molecule has 11 atom stereocenters. The van der Waals surface area contributed by atoms with Gasteiger partial charge in [-0.25, -0.2) is 24.0 Å². The smallest absolute Gasteiger partial charge is 0.408 e. The summed E-state index contributed by atoms with van der Waals surface area (Å²) in [6.45, 7) is 10.8. The van der Waals surface area contributed by atoms with E-state index in [-0.39, 0.29) is 22.3 Å². The molecular weight excluding hydrogens is 1050 g/mol. The zero-order chi connectivity index (χ0) is 52.3. The van der Waals surface area contributed by atoms with Crippen LogP contribution in [0.1, 0.15) is 90.2 Å². The third kappa shape index (κ3) is 10.5. The second-order valence-electron chi connectivity index (χ2n) is 19.3. The summed E-state index contributed by atoms with van der Waals surface area (Å²) < 4.78 is 36.1. The maximum atomic E-state index is 16.2. The normalized spacial score (nSPS) is 30.3. The standard InChI is InChI=1S/C47H51Cl6NO16/c1-22-26(65-37(59)31(56)30(24-15-11-9-12-16-24)54-40(62)70-41(3,4)5)20-45(63)35(68-36(58)25-17-13-10-14-18-25)33-43(8,34(57)32(29(22)42(45,6)7)67-39(61)47(51,52)53)27(66-38(60)46(48,49)50)19-28-44(33,21-64-28)69-23(2)55/h9-18,26-28,30-33,35,56,63H,19-21H2,1-8H3,(H,54,62)/t26-,27-,28+,30-,31+,32+,33?,35?,43+,44-,45+/m0/s1. The first-order valence-corrected chi connectivity index (χ1v) is 24.0. The topological polar surface area (TPSA) is 237 Å². The summed E-state index contributed by atoms with van der Waals surface area (Å²) in [7, 11) is 0. The van der Waals surface area contributed by atoms with Gasteiger partial charge in [-0.15, -0.1) is 0 Å². The Hall–Kier alpha value is -3.91. The van der Waals surface area contributed by atoms with Crippen LogP contribution in [0.3, 0.4) is 0 Å². The zero-order valence-corrected chi connectivity index (χ0v) is 43.4. The number of hydrogen-bond acceptors (Lipinski definition) is 16. The third-order valence-electron chi connectivity index (χ3n) is 13.5. The molecule has 0 radical (unpaired) electrons. The monoisotopic (exact) mass is 1100 g/mol. The Morgan fingerprint density at radius 1 is 0.829 bits per heavy atom. The number of carbonyl (C=O) groups excluding carboxylic acids is 7. The largest absolute Gasteiger partial charge is 0.458 e. The average Bonchev–Trinajstić information content (AvgIpc) is 3.25. The molecule has 17 nitrogen and oxygen atoms in total. The van der Waals surface area contributed by atoms with Crippen molar-refractivity contribution in [2.45, 2.75) is 135 Å². The van der Waals surface area contributed by atoms with Crippen LogP contribution < -0.4 is 5.32 Å². The molecule has 6 rings (SSSR count). The molecule has 23 heteroatoms. The minimum Gasteiger partial charge on any atom is -0.458 e. The van der Waals surface area contributed by atoms with Crippen molar-refractivity contribution in [3.8, 4) is 0 Å². The number of hydrogen-bond donors (Lipinski definition) is 3. The number of aliphatic hydroxyl groups excluding tert-OH is 1. The zero-order valence-electron chi connectivity index (χ0n) is 38.9. The molecule has 0 spiro atoms. The minimum absolute atomic E-state index is 0.0512. The van der Waals surface area contributed by atoms with E-state index in [1.165, 1.54) is 64.1 Å². The van der Waals surface area contributed by atoms with E-state index in [0.717, 1.165) is 6.92 Å². The van der Waals surface area contributed by atoms with Gasteiger partial charge in [0.1, 0.15) is 35.6 Å². The van der Waals surface area contributed by atoms with Gasteiger partial charge in [-0.1, -0.05) is 132 Å². The number of halogens is 6. The first kappa shape index (κ1) is 55.4. The Balaban J connectivity index is 1.63. The molecule has 1 saturated heterocycles. The lowest BCUT2D eigenvalue weighted by Gasteiger charge is -2.67. The summed E-state index contributed by atoms with van der Waals surface area (Å²) in [5.41, 5.74) is -10.2. The predicted molar refractivity (Wildman–Crippen MR) is 252 cm³/mol. The quantitative estimate of drug-likeness (QED) is 0.0931. The number of ether oxygens (including phenoxy) is 7. The van der Waals surface area contributed by atoms with Crippen molar-refractivity contribution in [3.05, 3.63) is 82.9 Å². The van der Waals surface area contributed by atoms with E-state index < -0.39 is 145 Å². The van der Waals surface area contributed by atoms with E-state index in [1.807, 2.05) is 0 Å². The van der Waals surface area contributed by atoms with Gasteiger partial charge in [0.05, 0.1) is 29.5 Å². The lowest BCUT2D eigenvalue weighted by atomic mass is 9.44. The Morgan fingerprint density at radius 2 is 1.39 bits per heavy atom. The van der Waals surface area contributed by atoms with Crippen LogP contribution in [0.4, 0.5) is 4.79 Å². The molecule has 0 aromatic heterocycles. The summed E-state index contributed by atoms with van der Waals surface area (Å²) in [4.78, 5) is 98.9. The lowest BCUT2D eigenvalue weighted by Crippen LogP contribution is -2.82. The van der Waals surface area contributed by atoms with Crippen molar-refractivity contribution in [3.63, 3.8) is 0 Å². The Bertz CT molecular complexity index is 2440. The van der Waals surface area contributed by atoms with Crippen molar-refractivity contribution < 1.29 is 76.9 Å². The van der Waals surface area contributed by atoms with Crippen LogP contribution in [0, 0.1) is 16.7 Å². The molecule has 2 aromatic carbocycles. The number of fused-ring (bicyclic) bond motifs is 5. The van der Waals surface area contributed by atoms with E-state index in [2.05, 4.69) is 5.32 Å². The van der Waals surface area contributed by atoms with Gasteiger partial charge >= 0.3 is 35.9 Å². The highest BCUT2D eigenvalue weighted by Gasteiger charge is 2.79. The number of ketones is 1. The summed E-state index contributed by atoms with van der Waals surface area (Å²) in [5.74, 6) is -9.49. The highest BCUT2D eigenvalue weighted by molar-refractivity contribution is 6.76. The number of carbonyl (C=O) groups is 7. The molecule has 4 aliphatic rings. The summed E-state index contributed by atoms with van der Waals surface area (Å²) in [6.07, 6.45) is -13.5. The van der Waals surface area contributed by atoms with E-state index >= 15 is 4.79 Å². The molecule has 3 aliphatic carbocycles. The van der Waals surface area contributed by atoms with Crippen LogP contribution >= 0.6 is 69.6 Å². The van der Waals surface area contributed by atoms with Crippen molar-refractivity contribution in [1.29, 1.82) is 0 Å². The van der Waals surface area contributed by atoms with E-state index in [4.69, 9.17) is 103 Å². The van der Waals surface area contributed by atoms with Gasteiger partial charge in [-0.2, -0.15) is 0 Å². The maximum absolute atomic E-state index is 16.2. The van der Waals surface area contributed by atoms with Crippen LogP contribution in [-0.4, -0.2) is 120 Å². The van der Waals surface area contributed by atoms with Crippen LogP contribution in [0.25, 0.3) is 0 Å². The Kier molecular flexibility index (Phi) is 15.7. The number of benzene rings is 2. The van der Waals surface area contributed by atoms with Crippen molar-refractivity contribution >= 4 is 111 Å². The molecule has 1 heterocycles. The minimum atomic E-state index is -2.86. The third-order valence-corrected chi connectivity index (χ3v) is 14.4. The van der Waals surface area contributed by atoms with Crippen LogP contribution in [0.5, 0.6) is 0 Å². The number of alkyl halides is 6. The van der Waals surface area contributed by atoms with Gasteiger partial charge in [0.2, 0.25) is 0 Å². The van der Waals surface area contributed by atoms with Gasteiger partial charge in [0.15, 0.2) is 23.6 Å². The number of rotatable bonds is 10. The maximum Gasteiger partial charge on any atom is 0.408 e. The molecule has 3 N–H and O–H groups in total. The van der Waals surface area contributed by atoms with Gasteiger partial charge in [-0.05, 0) is 63.5 Å². The second kappa shape index (κ2) is 19.8. The number of alkyl carbamates (subject to hydrolysis) is 1. The first-order valence-electron chi connectivity index (χ1n) is 21.7. The van der Waals surface area contributed by atoms with E-state index in [9.17, 15) is 39.0 Å². The molecule has 2 aromatic rings. The molecule has 1 amide bonds. The summed E-state index contributed by atoms with van der Waals surface area (Å²) >= 11 is 36.2. The summed E-state index contributed by atoms with van der Waals surface area (Å²) in [5, 5.41) is 28.3. The number of esters is 5. The predicted octanol–water partition coefficient (Wildman–Crippen LogP) is 7.10. The number of nitrogens with one attached hydrogen (secondary N) is 1. The van der Waals surface area contributed by atoms with Gasteiger partial charge in [-0.3, -0.25) is 9.59 Å². The Morgan fingerprint density at radius 3 is 1.90 bits per heavy atom.